The van der Waals surface area contributed by atoms with Gasteiger partial charge in [-0.3, -0.25) is 4.79 Å². The van der Waals surface area contributed by atoms with Gasteiger partial charge in [0, 0.05) is 50.1 Å². The first kappa shape index (κ1) is 18.6. The number of anilines is 1. The predicted octanol–water partition coefficient (Wildman–Crippen LogP) is 1.41. The molecule has 1 amide bonds. The molecule has 28 heavy (non-hydrogen) atoms. The maximum absolute atomic E-state index is 12.5. The van der Waals surface area contributed by atoms with Crippen molar-refractivity contribution in [3.63, 3.8) is 0 Å². The second-order valence-electron chi connectivity index (χ2n) is 6.79. The Labute approximate surface area is 163 Å². The van der Waals surface area contributed by atoms with Crippen molar-refractivity contribution < 1.29 is 19.0 Å². The highest BCUT2D eigenvalue weighted by Crippen LogP contribution is 2.17. The van der Waals surface area contributed by atoms with Crippen LogP contribution in [0, 0.1) is 0 Å². The van der Waals surface area contributed by atoms with Crippen LogP contribution in [-0.4, -0.2) is 61.5 Å². The van der Waals surface area contributed by atoms with Gasteiger partial charge in [-0.1, -0.05) is 0 Å². The Balaban J connectivity index is 1.35. The van der Waals surface area contributed by atoms with E-state index < -0.39 is 0 Å². The van der Waals surface area contributed by atoms with Gasteiger partial charge >= 0.3 is 0 Å². The molecule has 2 saturated heterocycles. The summed E-state index contributed by atoms with van der Waals surface area (Å²) in [6.45, 7) is 4.76. The van der Waals surface area contributed by atoms with E-state index in [0.717, 1.165) is 30.9 Å². The number of pyridine rings is 2. The highest BCUT2D eigenvalue weighted by molar-refractivity contribution is 5.94. The first-order valence-electron chi connectivity index (χ1n) is 9.54. The first-order chi connectivity index (χ1) is 13.8. The van der Waals surface area contributed by atoms with Crippen LogP contribution in [0.25, 0.3) is 0 Å². The van der Waals surface area contributed by atoms with Gasteiger partial charge in [0.2, 0.25) is 5.88 Å². The lowest BCUT2D eigenvalue weighted by Gasteiger charge is -2.28. The zero-order chi connectivity index (χ0) is 19.2. The third kappa shape index (κ3) is 4.76. The predicted molar refractivity (Wildman–Crippen MR) is 103 cm³/mol. The van der Waals surface area contributed by atoms with E-state index >= 15 is 0 Å². The van der Waals surface area contributed by atoms with Gasteiger partial charge in [-0.2, -0.15) is 0 Å². The highest BCUT2D eigenvalue weighted by Gasteiger charge is 2.18. The van der Waals surface area contributed by atoms with Gasteiger partial charge in [0.1, 0.15) is 11.9 Å². The van der Waals surface area contributed by atoms with E-state index in [2.05, 4.69) is 20.2 Å². The summed E-state index contributed by atoms with van der Waals surface area (Å²) in [5, 5.41) is 2.95. The summed E-state index contributed by atoms with van der Waals surface area (Å²) in [7, 11) is 0. The number of aromatic nitrogens is 2. The number of carbonyl (C=O) groups excluding carboxylic acids is 1. The zero-order valence-corrected chi connectivity index (χ0v) is 15.7. The summed E-state index contributed by atoms with van der Waals surface area (Å²) in [6, 6.07) is 7.26. The molecule has 4 rings (SSSR count). The number of nitrogens with zero attached hydrogens (tertiary/aromatic N) is 3. The molecular weight excluding hydrogens is 360 g/mol. The lowest BCUT2D eigenvalue weighted by Crippen LogP contribution is -2.36. The normalized spacial score (nSPS) is 19.4. The number of rotatable bonds is 6. The number of nitrogens with one attached hydrogen (secondary N) is 1. The molecule has 1 atom stereocenters. The Bertz CT molecular complexity index is 804. The third-order valence-corrected chi connectivity index (χ3v) is 4.77. The lowest BCUT2D eigenvalue weighted by atomic mass is 10.2. The zero-order valence-electron chi connectivity index (χ0n) is 15.7. The molecule has 8 nitrogen and oxygen atoms in total. The van der Waals surface area contributed by atoms with E-state index in [4.69, 9.17) is 14.2 Å². The van der Waals surface area contributed by atoms with Gasteiger partial charge in [0.15, 0.2) is 0 Å². The van der Waals surface area contributed by atoms with E-state index in [-0.39, 0.29) is 12.0 Å². The fraction of sp³-hybridized carbons (Fsp3) is 0.450. The molecule has 2 aliphatic heterocycles. The fourth-order valence-electron chi connectivity index (χ4n) is 3.21. The quantitative estimate of drug-likeness (QED) is 0.806. The van der Waals surface area contributed by atoms with Crippen LogP contribution in [0.1, 0.15) is 22.3 Å². The molecule has 2 aromatic heterocycles. The minimum absolute atomic E-state index is 0.00115. The maximum Gasteiger partial charge on any atom is 0.251 e. The molecule has 1 N–H and O–H groups in total. The average Bonchev–Trinajstić information content (AvgIpc) is 3.26. The van der Waals surface area contributed by atoms with Crippen LogP contribution in [0.4, 0.5) is 5.82 Å². The molecule has 2 aromatic rings. The SMILES string of the molecule is O=C(NCc1ccnc(N2CCOCC2)c1)c1ccnc(O[C@H]2CCOC2)c1. The van der Waals surface area contributed by atoms with Crippen LogP contribution in [0.2, 0.25) is 0 Å². The van der Waals surface area contributed by atoms with E-state index in [1.54, 1.807) is 24.5 Å². The van der Waals surface area contributed by atoms with Gasteiger partial charge in [0.25, 0.3) is 5.91 Å². The van der Waals surface area contributed by atoms with Crippen molar-refractivity contribution in [1.82, 2.24) is 15.3 Å². The van der Waals surface area contributed by atoms with Gasteiger partial charge in [0.05, 0.1) is 26.4 Å². The number of ether oxygens (including phenoxy) is 3. The summed E-state index contributed by atoms with van der Waals surface area (Å²) >= 11 is 0. The van der Waals surface area contributed by atoms with E-state index in [0.29, 0.717) is 44.4 Å². The monoisotopic (exact) mass is 384 g/mol. The van der Waals surface area contributed by atoms with Crippen molar-refractivity contribution in [2.45, 2.75) is 19.1 Å². The number of morpholine rings is 1. The van der Waals surface area contributed by atoms with Crippen LogP contribution in [0.3, 0.4) is 0 Å². The minimum atomic E-state index is -0.167. The largest absolute Gasteiger partial charge is 0.472 e. The fourth-order valence-corrected chi connectivity index (χ4v) is 3.21. The van der Waals surface area contributed by atoms with Crippen LogP contribution in [-0.2, 0) is 16.0 Å². The highest BCUT2D eigenvalue weighted by atomic mass is 16.5. The second-order valence-corrected chi connectivity index (χ2v) is 6.79. The van der Waals surface area contributed by atoms with Crippen molar-refractivity contribution in [3.05, 3.63) is 47.8 Å². The maximum atomic E-state index is 12.5. The van der Waals surface area contributed by atoms with Crippen molar-refractivity contribution >= 4 is 11.7 Å². The molecule has 2 fully saturated rings. The summed E-state index contributed by atoms with van der Waals surface area (Å²) in [4.78, 5) is 23.3. The molecule has 0 aromatic carbocycles. The Morgan fingerprint density at radius 2 is 2.00 bits per heavy atom. The van der Waals surface area contributed by atoms with Gasteiger partial charge in [-0.05, 0) is 23.8 Å². The number of hydrogen-bond donors (Lipinski definition) is 1. The van der Waals surface area contributed by atoms with Crippen molar-refractivity contribution in [2.24, 2.45) is 0 Å². The summed E-state index contributed by atoms with van der Waals surface area (Å²) in [5.41, 5.74) is 1.52. The van der Waals surface area contributed by atoms with Gasteiger partial charge in [-0.25, -0.2) is 9.97 Å². The minimum Gasteiger partial charge on any atom is -0.472 e. The molecule has 0 spiro atoms. The van der Waals surface area contributed by atoms with Gasteiger partial charge < -0.3 is 24.4 Å². The molecule has 0 aliphatic carbocycles. The standard InChI is InChI=1S/C20H24N4O4/c25-20(16-2-5-22-19(12-16)28-17-3-8-27-14-17)23-13-15-1-4-21-18(11-15)24-6-9-26-10-7-24/h1-2,4-5,11-12,17H,3,6-10,13-14H2,(H,23,25)/t17-/m0/s1. The molecule has 0 radical (unpaired) electrons. The van der Waals surface area contributed by atoms with E-state index in [1.807, 2.05) is 12.1 Å². The van der Waals surface area contributed by atoms with Crippen LogP contribution in [0.15, 0.2) is 36.7 Å². The Hall–Kier alpha value is -2.71. The molecule has 0 unspecified atom stereocenters. The summed E-state index contributed by atoms with van der Waals surface area (Å²) < 4.78 is 16.5. The Morgan fingerprint density at radius 3 is 2.82 bits per heavy atom. The lowest BCUT2D eigenvalue weighted by molar-refractivity contribution is 0.0949. The first-order valence-corrected chi connectivity index (χ1v) is 9.54. The molecule has 0 bridgehead atoms. The average molecular weight is 384 g/mol. The molecule has 4 heterocycles. The van der Waals surface area contributed by atoms with E-state index in [9.17, 15) is 4.79 Å². The molecular formula is C20H24N4O4. The van der Waals surface area contributed by atoms with Crippen molar-refractivity contribution in [1.29, 1.82) is 0 Å². The van der Waals surface area contributed by atoms with Crippen LogP contribution in [0.5, 0.6) is 5.88 Å². The molecule has 8 heteroatoms. The number of hydrogen-bond acceptors (Lipinski definition) is 7. The summed E-state index contributed by atoms with van der Waals surface area (Å²) in [5.74, 6) is 1.19. The Kier molecular flexibility index (Phi) is 5.98. The smallest absolute Gasteiger partial charge is 0.251 e. The molecule has 0 saturated carbocycles. The molecule has 148 valence electrons. The third-order valence-electron chi connectivity index (χ3n) is 4.77. The van der Waals surface area contributed by atoms with Crippen molar-refractivity contribution in [2.75, 3.05) is 44.4 Å². The molecule has 2 aliphatic rings. The second kappa shape index (κ2) is 8.99. The van der Waals surface area contributed by atoms with Gasteiger partial charge in [-0.15, -0.1) is 0 Å². The van der Waals surface area contributed by atoms with Crippen LogP contribution >= 0.6 is 0 Å². The van der Waals surface area contributed by atoms with Crippen LogP contribution < -0.4 is 15.0 Å². The Morgan fingerprint density at radius 1 is 1.14 bits per heavy atom. The number of amides is 1. The topological polar surface area (TPSA) is 85.8 Å². The van der Waals surface area contributed by atoms with E-state index in [1.165, 1.54) is 0 Å². The van der Waals surface area contributed by atoms with Crippen molar-refractivity contribution in [3.8, 4) is 5.88 Å². The summed E-state index contributed by atoms with van der Waals surface area (Å²) in [6.07, 6.45) is 4.20. The number of carbonyl (C=O) groups is 1.